The molecule has 2 aliphatic heterocycles. The van der Waals surface area contributed by atoms with Gasteiger partial charge in [-0.05, 0) is 62.1 Å². The number of nitrogens with zero attached hydrogens (tertiary/aromatic N) is 6. The van der Waals surface area contributed by atoms with Crippen LogP contribution in [0.2, 0.25) is 0 Å². The number of rotatable bonds is 3. The van der Waals surface area contributed by atoms with Gasteiger partial charge in [-0.15, -0.1) is 5.10 Å². The highest BCUT2D eigenvalue weighted by molar-refractivity contribution is 6.00. The molecule has 8 nitrogen and oxygen atoms in total. The Bertz CT molecular complexity index is 1150. The third kappa shape index (κ3) is 3.56. The zero-order valence-electron chi connectivity index (χ0n) is 17.9. The van der Waals surface area contributed by atoms with Crippen molar-refractivity contribution in [2.75, 3.05) is 24.5 Å². The Hall–Kier alpha value is -3.29. The molecule has 0 unspecified atom stereocenters. The quantitative estimate of drug-likeness (QED) is 0.653. The van der Waals surface area contributed by atoms with Crippen LogP contribution in [0.5, 0.6) is 0 Å². The van der Waals surface area contributed by atoms with Crippen molar-refractivity contribution >= 4 is 28.7 Å². The lowest BCUT2D eigenvalue weighted by molar-refractivity contribution is -0.137. The molecular weight excluding hydrogens is 392 g/mol. The maximum atomic E-state index is 13.1. The molecule has 2 fully saturated rings. The van der Waals surface area contributed by atoms with E-state index in [1.54, 1.807) is 11.1 Å². The highest BCUT2D eigenvalue weighted by Crippen LogP contribution is 2.30. The van der Waals surface area contributed by atoms with Crippen LogP contribution in [-0.2, 0) is 9.59 Å². The molecule has 0 aliphatic carbocycles. The van der Waals surface area contributed by atoms with Crippen molar-refractivity contribution in [2.24, 2.45) is 5.92 Å². The lowest BCUT2D eigenvalue weighted by atomic mass is 10.0. The Labute approximate surface area is 180 Å². The number of anilines is 1. The summed E-state index contributed by atoms with van der Waals surface area (Å²) in [5.74, 6) is -0.170. The minimum absolute atomic E-state index is 0.0247. The van der Waals surface area contributed by atoms with Crippen molar-refractivity contribution in [1.29, 1.82) is 0 Å². The largest absolute Gasteiger partial charge is 0.342 e. The average Bonchev–Trinajstić information content (AvgIpc) is 3.39. The first-order valence-electron chi connectivity index (χ1n) is 10.8. The minimum Gasteiger partial charge on any atom is -0.342 e. The third-order valence-electron chi connectivity index (χ3n) is 6.63. The molecule has 8 heteroatoms. The van der Waals surface area contributed by atoms with Crippen molar-refractivity contribution < 1.29 is 9.59 Å². The van der Waals surface area contributed by atoms with E-state index in [1.165, 1.54) is 5.56 Å². The number of likely N-dealkylation sites (tertiary alicyclic amines) is 1. The van der Waals surface area contributed by atoms with E-state index < -0.39 is 0 Å². The number of benzene rings is 1. The monoisotopic (exact) mass is 418 g/mol. The van der Waals surface area contributed by atoms with Crippen LogP contribution in [0.25, 0.3) is 11.2 Å². The van der Waals surface area contributed by atoms with Gasteiger partial charge in [0.2, 0.25) is 11.8 Å². The molecule has 0 bridgehead atoms. The molecular formula is C23H26N6O2. The fraction of sp³-hybridized carbons (Fsp3) is 0.435. The van der Waals surface area contributed by atoms with Crippen molar-refractivity contribution in [3.63, 3.8) is 0 Å². The molecule has 2 aromatic heterocycles. The zero-order chi connectivity index (χ0) is 21.5. The number of fused-ring (bicyclic) bond motifs is 1. The van der Waals surface area contributed by atoms with Gasteiger partial charge in [-0.1, -0.05) is 11.3 Å². The average molecular weight is 419 g/mol. The van der Waals surface area contributed by atoms with Crippen LogP contribution in [0, 0.1) is 19.8 Å². The zero-order valence-corrected chi connectivity index (χ0v) is 17.9. The fourth-order valence-electron chi connectivity index (χ4n) is 4.63. The summed E-state index contributed by atoms with van der Waals surface area (Å²) < 4.78 is 1.89. The molecule has 3 aromatic rings. The third-order valence-corrected chi connectivity index (χ3v) is 6.63. The molecule has 0 spiro atoms. The van der Waals surface area contributed by atoms with Crippen LogP contribution in [0.15, 0.2) is 36.5 Å². The number of amides is 2. The summed E-state index contributed by atoms with van der Waals surface area (Å²) in [6, 6.07) is 9.97. The van der Waals surface area contributed by atoms with Crippen LogP contribution >= 0.6 is 0 Å². The van der Waals surface area contributed by atoms with Crippen molar-refractivity contribution in [2.45, 2.75) is 39.2 Å². The molecule has 1 atom stereocenters. The summed E-state index contributed by atoms with van der Waals surface area (Å²) in [6.07, 6.45) is 3.65. The van der Waals surface area contributed by atoms with Gasteiger partial charge >= 0.3 is 0 Å². The Morgan fingerprint density at radius 1 is 1.10 bits per heavy atom. The van der Waals surface area contributed by atoms with Crippen LogP contribution in [0.1, 0.15) is 36.4 Å². The summed E-state index contributed by atoms with van der Waals surface area (Å²) in [5, 5.41) is 8.48. The summed E-state index contributed by atoms with van der Waals surface area (Å²) in [6.45, 7) is 5.87. The molecule has 0 N–H and O–H groups in total. The number of aryl methyl sites for hydroxylation is 2. The van der Waals surface area contributed by atoms with E-state index in [1.807, 2.05) is 46.8 Å². The van der Waals surface area contributed by atoms with E-state index in [2.05, 4.69) is 22.2 Å². The van der Waals surface area contributed by atoms with E-state index in [9.17, 15) is 9.59 Å². The summed E-state index contributed by atoms with van der Waals surface area (Å²) in [4.78, 5) is 33.9. The predicted octanol–water partition coefficient (Wildman–Crippen LogP) is 2.66. The van der Waals surface area contributed by atoms with E-state index in [0.717, 1.165) is 35.3 Å². The molecule has 0 radical (unpaired) electrons. The Morgan fingerprint density at radius 3 is 2.68 bits per heavy atom. The van der Waals surface area contributed by atoms with Gasteiger partial charge in [-0.25, -0.2) is 9.67 Å². The van der Waals surface area contributed by atoms with Crippen molar-refractivity contribution in [3.05, 3.63) is 47.7 Å². The SMILES string of the molecule is Cc1ccc(N2C[C@@H](C(=O)N3CCC(n4nnc5cccnc54)CC3)CC2=O)cc1C. The first-order chi connectivity index (χ1) is 15.0. The Kier molecular flexibility index (Phi) is 4.92. The highest BCUT2D eigenvalue weighted by Gasteiger charge is 2.38. The number of hydrogen-bond acceptors (Lipinski definition) is 5. The summed E-state index contributed by atoms with van der Waals surface area (Å²) in [7, 11) is 0. The number of piperidine rings is 1. The van der Waals surface area contributed by atoms with E-state index in [-0.39, 0.29) is 30.2 Å². The number of carbonyl (C=O) groups is 2. The number of aromatic nitrogens is 4. The van der Waals surface area contributed by atoms with Gasteiger partial charge in [0.1, 0.15) is 5.52 Å². The molecule has 4 heterocycles. The molecule has 2 amide bonds. The van der Waals surface area contributed by atoms with Gasteiger partial charge in [-0.3, -0.25) is 9.59 Å². The summed E-state index contributed by atoms with van der Waals surface area (Å²) in [5.41, 5.74) is 4.81. The Morgan fingerprint density at radius 2 is 1.90 bits per heavy atom. The van der Waals surface area contributed by atoms with E-state index in [0.29, 0.717) is 19.6 Å². The van der Waals surface area contributed by atoms with Crippen LogP contribution < -0.4 is 4.90 Å². The van der Waals surface area contributed by atoms with Crippen molar-refractivity contribution in [3.8, 4) is 0 Å². The second-order valence-electron chi connectivity index (χ2n) is 8.61. The van der Waals surface area contributed by atoms with Gasteiger partial charge in [0.15, 0.2) is 5.65 Å². The standard InChI is InChI=1S/C23H26N6O2/c1-15-5-6-19(12-16(15)2)28-14-17(13-21(28)30)23(31)27-10-7-18(8-11-27)29-22-20(25-26-29)4-3-9-24-22/h3-6,9,12,17-18H,7-8,10-11,13-14H2,1-2H3/t17-/m0/s1. The molecule has 31 heavy (non-hydrogen) atoms. The number of hydrogen-bond donors (Lipinski definition) is 0. The highest BCUT2D eigenvalue weighted by atomic mass is 16.2. The number of pyridine rings is 1. The van der Waals surface area contributed by atoms with Gasteiger partial charge in [0.25, 0.3) is 0 Å². The topological polar surface area (TPSA) is 84.2 Å². The van der Waals surface area contributed by atoms with Crippen LogP contribution in [-0.4, -0.2) is 56.3 Å². The molecule has 2 saturated heterocycles. The molecule has 160 valence electrons. The van der Waals surface area contributed by atoms with Crippen molar-refractivity contribution in [1.82, 2.24) is 24.9 Å². The molecule has 1 aromatic carbocycles. The predicted molar refractivity (Wildman–Crippen MR) is 117 cm³/mol. The van der Waals surface area contributed by atoms with E-state index >= 15 is 0 Å². The van der Waals surface area contributed by atoms with Gasteiger partial charge in [-0.2, -0.15) is 0 Å². The second kappa shape index (κ2) is 7.76. The van der Waals surface area contributed by atoms with E-state index in [4.69, 9.17) is 0 Å². The van der Waals surface area contributed by atoms with Gasteiger partial charge < -0.3 is 9.80 Å². The Balaban J connectivity index is 1.23. The normalized spacial score (nSPS) is 20.1. The fourth-order valence-corrected chi connectivity index (χ4v) is 4.63. The van der Waals surface area contributed by atoms with Gasteiger partial charge in [0, 0.05) is 37.9 Å². The number of carbonyl (C=O) groups excluding carboxylic acids is 2. The maximum Gasteiger partial charge on any atom is 0.228 e. The second-order valence-corrected chi connectivity index (χ2v) is 8.61. The minimum atomic E-state index is -0.278. The lowest BCUT2D eigenvalue weighted by Gasteiger charge is -2.33. The van der Waals surface area contributed by atoms with Crippen LogP contribution in [0.3, 0.4) is 0 Å². The smallest absolute Gasteiger partial charge is 0.228 e. The van der Waals surface area contributed by atoms with Crippen LogP contribution in [0.4, 0.5) is 5.69 Å². The lowest BCUT2D eigenvalue weighted by Crippen LogP contribution is -2.43. The first-order valence-corrected chi connectivity index (χ1v) is 10.8. The molecule has 0 saturated carbocycles. The summed E-state index contributed by atoms with van der Waals surface area (Å²) >= 11 is 0. The van der Waals surface area contributed by atoms with Gasteiger partial charge in [0.05, 0.1) is 12.0 Å². The molecule has 2 aliphatic rings. The first kappa shape index (κ1) is 19.7. The molecule has 5 rings (SSSR count). The maximum absolute atomic E-state index is 13.1.